The third-order valence-electron chi connectivity index (χ3n) is 4.15. The number of carbonyl (C=O) groups excluding carboxylic acids is 1. The van der Waals surface area contributed by atoms with Crippen LogP contribution in [0.1, 0.15) is 24.2 Å². The molecule has 1 aromatic rings. The molecule has 0 amide bonds. The smallest absolute Gasteiger partial charge is 0.295 e. The van der Waals surface area contributed by atoms with Gasteiger partial charge in [0.25, 0.3) is 10.1 Å². The Morgan fingerprint density at radius 3 is 2.38 bits per heavy atom. The van der Waals surface area contributed by atoms with E-state index in [0.29, 0.717) is 26.3 Å². The van der Waals surface area contributed by atoms with Crippen LogP contribution in [0.3, 0.4) is 0 Å². The SMILES string of the molecule is CS(=O)c1ccc(C(=O)C(C)(C)N2CCOCC2)cc1S(=O)(=O)O. The minimum atomic E-state index is -4.58. The number of ketones is 1. The van der Waals surface area contributed by atoms with Gasteiger partial charge in [-0.15, -0.1) is 0 Å². The standard InChI is InChI=1S/C15H21NO6S2/c1-15(2,16-6-8-22-9-7-16)14(17)11-4-5-12(23(3)18)13(10-11)24(19,20)21/h4-5,10H,6-9H2,1-3H3,(H,19,20,21). The van der Waals surface area contributed by atoms with Gasteiger partial charge in [0.05, 0.1) is 34.4 Å². The van der Waals surface area contributed by atoms with Crippen LogP contribution < -0.4 is 0 Å². The molecular formula is C15H21NO6S2. The summed E-state index contributed by atoms with van der Waals surface area (Å²) >= 11 is 0. The molecule has 0 spiro atoms. The summed E-state index contributed by atoms with van der Waals surface area (Å²) < 4.78 is 49.5. The highest BCUT2D eigenvalue weighted by molar-refractivity contribution is 7.88. The van der Waals surface area contributed by atoms with E-state index < -0.39 is 31.4 Å². The number of nitrogens with zero attached hydrogens (tertiary/aromatic N) is 1. The van der Waals surface area contributed by atoms with Crippen molar-refractivity contribution in [1.82, 2.24) is 4.90 Å². The average Bonchev–Trinajstić information content (AvgIpc) is 2.53. The van der Waals surface area contributed by atoms with Crippen LogP contribution >= 0.6 is 0 Å². The molecule has 0 bridgehead atoms. The molecule has 24 heavy (non-hydrogen) atoms. The lowest BCUT2D eigenvalue weighted by Gasteiger charge is -2.39. The molecule has 1 aliphatic heterocycles. The Morgan fingerprint density at radius 2 is 1.88 bits per heavy atom. The first-order valence-corrected chi connectivity index (χ1v) is 10.4. The number of Topliss-reactive ketones (excluding diaryl/α,β-unsaturated/α-hetero) is 1. The molecule has 1 heterocycles. The van der Waals surface area contributed by atoms with Crippen molar-refractivity contribution >= 4 is 26.7 Å². The lowest BCUT2D eigenvalue weighted by Crippen LogP contribution is -2.54. The van der Waals surface area contributed by atoms with Crippen molar-refractivity contribution in [3.63, 3.8) is 0 Å². The summed E-state index contributed by atoms with van der Waals surface area (Å²) in [7, 11) is -6.20. The molecular weight excluding hydrogens is 354 g/mol. The van der Waals surface area contributed by atoms with Crippen LogP contribution in [0, 0.1) is 0 Å². The van der Waals surface area contributed by atoms with E-state index in [1.165, 1.54) is 18.4 Å². The first-order chi connectivity index (χ1) is 11.0. The first kappa shape index (κ1) is 19.2. The zero-order chi connectivity index (χ0) is 18.1. The lowest BCUT2D eigenvalue weighted by molar-refractivity contribution is -0.00430. The molecule has 1 saturated heterocycles. The number of ether oxygens (including phenoxy) is 1. The second-order valence-corrected chi connectivity index (χ2v) is 8.82. The van der Waals surface area contributed by atoms with E-state index >= 15 is 0 Å². The van der Waals surface area contributed by atoms with Gasteiger partial charge in [0.1, 0.15) is 4.90 Å². The summed E-state index contributed by atoms with van der Waals surface area (Å²) in [5, 5.41) is 0. The van der Waals surface area contributed by atoms with Crippen molar-refractivity contribution in [3.8, 4) is 0 Å². The lowest BCUT2D eigenvalue weighted by atomic mass is 9.91. The van der Waals surface area contributed by atoms with Gasteiger partial charge in [0, 0.05) is 24.9 Å². The third kappa shape index (κ3) is 3.92. The van der Waals surface area contributed by atoms with Crippen molar-refractivity contribution in [2.24, 2.45) is 0 Å². The normalized spacial score (nSPS) is 18.3. The van der Waals surface area contributed by atoms with Crippen LogP contribution in [0.5, 0.6) is 0 Å². The van der Waals surface area contributed by atoms with Gasteiger partial charge in [0.15, 0.2) is 5.78 Å². The molecule has 9 heteroatoms. The molecule has 7 nitrogen and oxygen atoms in total. The van der Waals surface area contributed by atoms with Crippen LogP contribution in [0.25, 0.3) is 0 Å². The molecule has 1 aromatic carbocycles. The molecule has 1 unspecified atom stereocenters. The zero-order valence-corrected chi connectivity index (χ0v) is 15.4. The number of morpholine rings is 1. The quantitative estimate of drug-likeness (QED) is 0.604. The predicted molar refractivity (Wildman–Crippen MR) is 89.4 cm³/mol. The minimum Gasteiger partial charge on any atom is -0.379 e. The topological polar surface area (TPSA) is 101 Å². The number of rotatable bonds is 5. The molecule has 0 radical (unpaired) electrons. The van der Waals surface area contributed by atoms with Gasteiger partial charge in [-0.05, 0) is 26.0 Å². The summed E-state index contributed by atoms with van der Waals surface area (Å²) in [5.74, 6) is -0.275. The average molecular weight is 375 g/mol. The second-order valence-electron chi connectivity index (χ2n) is 6.08. The summed E-state index contributed by atoms with van der Waals surface area (Å²) in [5.41, 5.74) is -0.707. The van der Waals surface area contributed by atoms with E-state index in [9.17, 15) is 22.0 Å². The maximum Gasteiger partial charge on any atom is 0.295 e. The van der Waals surface area contributed by atoms with Gasteiger partial charge in [-0.2, -0.15) is 8.42 Å². The van der Waals surface area contributed by atoms with Crippen molar-refractivity contribution in [2.75, 3.05) is 32.6 Å². The summed E-state index contributed by atoms with van der Waals surface area (Å²) in [6.45, 7) is 5.78. The monoisotopic (exact) mass is 375 g/mol. The van der Waals surface area contributed by atoms with Crippen LogP contribution in [0.2, 0.25) is 0 Å². The van der Waals surface area contributed by atoms with E-state index in [-0.39, 0.29) is 16.2 Å². The van der Waals surface area contributed by atoms with E-state index in [1.54, 1.807) is 13.8 Å². The fraction of sp³-hybridized carbons (Fsp3) is 0.533. The third-order valence-corrected chi connectivity index (χ3v) is 6.15. The molecule has 2 rings (SSSR count). The summed E-state index contributed by atoms with van der Waals surface area (Å²) in [6, 6.07) is 3.84. The van der Waals surface area contributed by atoms with Gasteiger partial charge in [-0.1, -0.05) is 6.07 Å². The molecule has 1 fully saturated rings. The Morgan fingerprint density at radius 1 is 1.29 bits per heavy atom. The van der Waals surface area contributed by atoms with Crippen molar-refractivity contribution in [2.45, 2.75) is 29.2 Å². The molecule has 0 aliphatic carbocycles. The number of hydrogen-bond donors (Lipinski definition) is 1. The van der Waals surface area contributed by atoms with Gasteiger partial charge >= 0.3 is 0 Å². The van der Waals surface area contributed by atoms with Gasteiger partial charge in [0.2, 0.25) is 0 Å². The Hall–Kier alpha value is -1.13. The maximum absolute atomic E-state index is 12.9. The van der Waals surface area contributed by atoms with Crippen LogP contribution in [0.15, 0.2) is 28.0 Å². The van der Waals surface area contributed by atoms with E-state index in [1.807, 2.05) is 4.90 Å². The molecule has 134 valence electrons. The van der Waals surface area contributed by atoms with Crippen molar-refractivity contribution in [1.29, 1.82) is 0 Å². The predicted octanol–water partition coefficient (Wildman–Crippen LogP) is 0.964. The number of hydrogen-bond acceptors (Lipinski definition) is 6. The molecule has 1 N–H and O–H groups in total. The Kier molecular flexibility index (Phi) is 5.61. The zero-order valence-electron chi connectivity index (χ0n) is 13.8. The van der Waals surface area contributed by atoms with E-state index in [2.05, 4.69) is 0 Å². The van der Waals surface area contributed by atoms with Gasteiger partial charge in [-0.3, -0.25) is 18.5 Å². The highest BCUT2D eigenvalue weighted by Gasteiger charge is 2.36. The van der Waals surface area contributed by atoms with Crippen molar-refractivity contribution < 1.29 is 26.7 Å². The van der Waals surface area contributed by atoms with Crippen LogP contribution in [-0.2, 0) is 25.7 Å². The van der Waals surface area contributed by atoms with Gasteiger partial charge in [-0.25, -0.2) is 0 Å². The van der Waals surface area contributed by atoms with E-state index in [4.69, 9.17) is 4.74 Å². The highest BCUT2D eigenvalue weighted by atomic mass is 32.2. The number of benzene rings is 1. The van der Waals surface area contributed by atoms with Gasteiger partial charge < -0.3 is 4.74 Å². The molecule has 1 atom stereocenters. The summed E-state index contributed by atoms with van der Waals surface area (Å²) in [4.78, 5) is 14.3. The molecule has 0 aromatic heterocycles. The van der Waals surface area contributed by atoms with Crippen LogP contribution in [-0.4, -0.2) is 66.0 Å². The first-order valence-electron chi connectivity index (χ1n) is 7.37. The highest BCUT2D eigenvalue weighted by Crippen LogP contribution is 2.26. The summed E-state index contributed by atoms with van der Waals surface area (Å²) in [6.07, 6.45) is 1.31. The van der Waals surface area contributed by atoms with E-state index in [0.717, 1.165) is 6.07 Å². The maximum atomic E-state index is 12.9. The fourth-order valence-corrected chi connectivity index (χ4v) is 4.58. The molecule has 1 aliphatic rings. The Bertz CT molecular complexity index is 766. The van der Waals surface area contributed by atoms with Crippen LogP contribution in [0.4, 0.5) is 0 Å². The minimum absolute atomic E-state index is 0.0294. The largest absolute Gasteiger partial charge is 0.379 e. The fourth-order valence-electron chi connectivity index (χ4n) is 2.71. The molecule has 0 saturated carbocycles. The second kappa shape index (κ2) is 7.01. The number of carbonyl (C=O) groups is 1. The Balaban J connectivity index is 2.44. The Labute approximate surface area is 144 Å². The van der Waals surface area contributed by atoms with Crippen molar-refractivity contribution in [3.05, 3.63) is 23.8 Å².